The Bertz CT molecular complexity index is 461. The first-order valence-corrected chi connectivity index (χ1v) is 6.63. The fourth-order valence-electron chi connectivity index (χ4n) is 3.52. The standard InChI is InChI=1S/C14H19N3O/c15-13-5-3-6-14(10-13,8-7-13)17-12(18)11-4-1-2-9-16-11/h1-2,4,9H,3,5-8,10,15H2,(H,17,18)/t13-,14+/m1/s1. The molecule has 1 amide bonds. The molecule has 2 fully saturated rings. The van der Waals surface area contributed by atoms with Gasteiger partial charge < -0.3 is 11.1 Å². The lowest BCUT2D eigenvalue weighted by Gasteiger charge is -2.37. The average Bonchev–Trinajstić information content (AvgIpc) is 2.60. The number of aromatic nitrogens is 1. The Balaban J connectivity index is 1.75. The van der Waals surface area contributed by atoms with Gasteiger partial charge in [0, 0.05) is 17.3 Å². The number of nitrogens with zero attached hydrogens (tertiary/aromatic N) is 1. The van der Waals surface area contributed by atoms with E-state index >= 15 is 0 Å². The Kier molecular flexibility index (Phi) is 2.63. The quantitative estimate of drug-likeness (QED) is 0.832. The zero-order valence-electron chi connectivity index (χ0n) is 10.5. The number of nitrogens with one attached hydrogen (secondary N) is 1. The van der Waals surface area contributed by atoms with Crippen molar-refractivity contribution < 1.29 is 4.79 Å². The topological polar surface area (TPSA) is 68.0 Å². The third-order valence-electron chi connectivity index (χ3n) is 4.40. The van der Waals surface area contributed by atoms with E-state index in [4.69, 9.17) is 5.73 Å². The number of carbonyl (C=O) groups excluding carboxylic acids is 1. The van der Waals surface area contributed by atoms with Gasteiger partial charge in [-0.25, -0.2) is 0 Å². The van der Waals surface area contributed by atoms with Crippen molar-refractivity contribution in [3.63, 3.8) is 0 Å². The Morgan fingerprint density at radius 2 is 2.17 bits per heavy atom. The van der Waals surface area contributed by atoms with E-state index in [0.29, 0.717) is 5.69 Å². The van der Waals surface area contributed by atoms with Crippen LogP contribution in [0.25, 0.3) is 0 Å². The number of amides is 1. The summed E-state index contributed by atoms with van der Waals surface area (Å²) in [4.78, 5) is 16.3. The van der Waals surface area contributed by atoms with Gasteiger partial charge in [-0.2, -0.15) is 0 Å². The van der Waals surface area contributed by atoms with Gasteiger partial charge in [0.1, 0.15) is 5.69 Å². The molecule has 1 aromatic rings. The van der Waals surface area contributed by atoms with Crippen molar-refractivity contribution in [1.82, 2.24) is 10.3 Å². The minimum absolute atomic E-state index is 0.0460. The van der Waals surface area contributed by atoms with Crippen molar-refractivity contribution in [2.24, 2.45) is 5.73 Å². The molecule has 3 rings (SSSR count). The number of fused-ring (bicyclic) bond motifs is 2. The molecule has 0 spiro atoms. The fraction of sp³-hybridized carbons (Fsp3) is 0.571. The first-order valence-electron chi connectivity index (χ1n) is 6.63. The van der Waals surface area contributed by atoms with Crippen LogP contribution in [0.5, 0.6) is 0 Å². The first kappa shape index (κ1) is 11.7. The van der Waals surface area contributed by atoms with Crippen LogP contribution in [0, 0.1) is 0 Å². The highest BCUT2D eigenvalue weighted by Crippen LogP contribution is 2.46. The van der Waals surface area contributed by atoms with Gasteiger partial charge in [-0.15, -0.1) is 0 Å². The molecule has 2 bridgehead atoms. The van der Waals surface area contributed by atoms with E-state index in [1.54, 1.807) is 12.3 Å². The van der Waals surface area contributed by atoms with Crippen LogP contribution >= 0.6 is 0 Å². The molecule has 0 saturated heterocycles. The molecule has 1 heterocycles. The van der Waals surface area contributed by atoms with E-state index in [1.165, 1.54) is 0 Å². The van der Waals surface area contributed by atoms with E-state index in [0.717, 1.165) is 38.5 Å². The van der Waals surface area contributed by atoms with Gasteiger partial charge in [-0.3, -0.25) is 9.78 Å². The highest BCUT2D eigenvalue weighted by molar-refractivity contribution is 5.92. The Morgan fingerprint density at radius 1 is 1.28 bits per heavy atom. The molecule has 1 aromatic heterocycles. The van der Waals surface area contributed by atoms with Crippen molar-refractivity contribution in [2.75, 3.05) is 0 Å². The fourth-order valence-corrected chi connectivity index (χ4v) is 3.52. The van der Waals surface area contributed by atoms with Crippen LogP contribution in [-0.2, 0) is 0 Å². The summed E-state index contributed by atoms with van der Waals surface area (Å²) in [6, 6.07) is 5.40. The van der Waals surface area contributed by atoms with E-state index in [1.807, 2.05) is 12.1 Å². The summed E-state index contributed by atoms with van der Waals surface area (Å²) in [6.45, 7) is 0. The Morgan fingerprint density at radius 3 is 2.94 bits per heavy atom. The lowest BCUT2D eigenvalue weighted by Crippen LogP contribution is -2.52. The maximum atomic E-state index is 12.2. The molecule has 4 nitrogen and oxygen atoms in total. The predicted molar refractivity (Wildman–Crippen MR) is 69.1 cm³/mol. The highest BCUT2D eigenvalue weighted by Gasteiger charge is 2.49. The molecule has 2 aliphatic rings. The van der Waals surface area contributed by atoms with Crippen LogP contribution in [0.4, 0.5) is 0 Å². The number of carbonyl (C=O) groups is 1. The molecule has 2 aliphatic carbocycles. The number of pyridine rings is 1. The lowest BCUT2D eigenvalue weighted by atomic mass is 9.79. The van der Waals surface area contributed by atoms with Crippen molar-refractivity contribution in [3.05, 3.63) is 30.1 Å². The molecular weight excluding hydrogens is 226 g/mol. The lowest BCUT2D eigenvalue weighted by molar-refractivity contribution is 0.0871. The summed E-state index contributed by atoms with van der Waals surface area (Å²) < 4.78 is 0. The van der Waals surface area contributed by atoms with Crippen LogP contribution in [0.15, 0.2) is 24.4 Å². The van der Waals surface area contributed by atoms with Crippen LogP contribution in [-0.4, -0.2) is 22.0 Å². The summed E-state index contributed by atoms with van der Waals surface area (Å²) in [5.74, 6) is -0.0678. The smallest absolute Gasteiger partial charge is 0.270 e. The number of hydrogen-bond acceptors (Lipinski definition) is 3. The molecule has 0 unspecified atom stereocenters. The van der Waals surface area contributed by atoms with Crippen LogP contribution in [0.3, 0.4) is 0 Å². The van der Waals surface area contributed by atoms with Gasteiger partial charge in [-0.1, -0.05) is 6.07 Å². The van der Waals surface area contributed by atoms with Crippen molar-refractivity contribution in [3.8, 4) is 0 Å². The van der Waals surface area contributed by atoms with Gasteiger partial charge in [0.15, 0.2) is 0 Å². The van der Waals surface area contributed by atoms with Gasteiger partial charge in [0.05, 0.1) is 0 Å². The van der Waals surface area contributed by atoms with E-state index in [2.05, 4.69) is 10.3 Å². The molecule has 0 aromatic carbocycles. The Hall–Kier alpha value is -1.42. The monoisotopic (exact) mass is 245 g/mol. The number of rotatable bonds is 2. The SMILES string of the molecule is N[C@]12CCC[C@](NC(=O)c3ccccn3)(CC1)C2. The Labute approximate surface area is 107 Å². The van der Waals surface area contributed by atoms with Crippen molar-refractivity contribution in [2.45, 2.75) is 49.6 Å². The number of hydrogen-bond donors (Lipinski definition) is 2. The van der Waals surface area contributed by atoms with Crippen LogP contribution in [0.2, 0.25) is 0 Å². The maximum absolute atomic E-state index is 12.2. The molecule has 96 valence electrons. The minimum Gasteiger partial charge on any atom is -0.345 e. The summed E-state index contributed by atoms with van der Waals surface area (Å²) in [5, 5.41) is 3.18. The van der Waals surface area contributed by atoms with E-state index in [-0.39, 0.29) is 17.0 Å². The molecule has 4 heteroatoms. The largest absolute Gasteiger partial charge is 0.345 e. The van der Waals surface area contributed by atoms with Gasteiger partial charge in [0.25, 0.3) is 5.91 Å². The predicted octanol–water partition coefficient (Wildman–Crippen LogP) is 1.62. The first-order chi connectivity index (χ1) is 8.61. The second-order valence-electron chi connectivity index (χ2n) is 5.84. The third kappa shape index (κ3) is 2.01. The number of nitrogens with two attached hydrogens (primary N) is 1. The molecule has 0 radical (unpaired) electrons. The van der Waals surface area contributed by atoms with Gasteiger partial charge >= 0.3 is 0 Å². The zero-order chi connectivity index (χ0) is 12.6. The second kappa shape index (κ2) is 4.05. The summed E-state index contributed by atoms with van der Waals surface area (Å²) in [7, 11) is 0. The van der Waals surface area contributed by atoms with Crippen LogP contribution < -0.4 is 11.1 Å². The average molecular weight is 245 g/mol. The van der Waals surface area contributed by atoms with Crippen molar-refractivity contribution in [1.29, 1.82) is 0 Å². The normalized spacial score (nSPS) is 34.3. The summed E-state index contributed by atoms with van der Waals surface area (Å²) >= 11 is 0. The van der Waals surface area contributed by atoms with E-state index < -0.39 is 0 Å². The summed E-state index contributed by atoms with van der Waals surface area (Å²) in [6.07, 6.45) is 7.84. The molecule has 2 saturated carbocycles. The molecule has 2 atom stereocenters. The summed E-state index contributed by atoms with van der Waals surface area (Å²) in [5.41, 5.74) is 6.70. The molecular formula is C14H19N3O. The molecule has 3 N–H and O–H groups in total. The van der Waals surface area contributed by atoms with E-state index in [9.17, 15) is 4.79 Å². The molecule has 18 heavy (non-hydrogen) atoms. The zero-order valence-corrected chi connectivity index (χ0v) is 10.5. The highest BCUT2D eigenvalue weighted by atomic mass is 16.2. The van der Waals surface area contributed by atoms with Crippen LogP contribution in [0.1, 0.15) is 49.0 Å². The van der Waals surface area contributed by atoms with Gasteiger partial charge in [-0.05, 0) is 50.7 Å². The van der Waals surface area contributed by atoms with Gasteiger partial charge in [0.2, 0.25) is 0 Å². The minimum atomic E-state index is -0.0817. The third-order valence-corrected chi connectivity index (χ3v) is 4.40. The second-order valence-corrected chi connectivity index (χ2v) is 5.84. The van der Waals surface area contributed by atoms with Crippen molar-refractivity contribution >= 4 is 5.91 Å². The maximum Gasteiger partial charge on any atom is 0.270 e. The molecule has 0 aliphatic heterocycles.